The molecule has 1 aliphatic rings. The van der Waals surface area contributed by atoms with E-state index in [9.17, 15) is 9.18 Å². The van der Waals surface area contributed by atoms with Gasteiger partial charge in [-0.2, -0.15) is 0 Å². The molecule has 0 bridgehead atoms. The van der Waals surface area contributed by atoms with E-state index in [1.807, 2.05) is 17.9 Å². The smallest absolute Gasteiger partial charge is 0.317 e. The van der Waals surface area contributed by atoms with Gasteiger partial charge < -0.3 is 5.11 Å². The molecule has 92 valence electrons. The summed E-state index contributed by atoms with van der Waals surface area (Å²) in [7, 11) is 0. The Kier molecular flexibility index (Phi) is 3.43. The normalized spacial score (nSPS) is 18.4. The predicted octanol–water partition coefficient (Wildman–Crippen LogP) is 2.22. The Hall–Kier alpha value is -1.42. The zero-order valence-corrected chi connectivity index (χ0v) is 9.82. The van der Waals surface area contributed by atoms with E-state index in [1.165, 1.54) is 6.07 Å². The standard InChI is InChI=1S/C13H16FNO2/c1-2-15(8-13(16)17)12-7-6-9-10(12)4-3-5-11(9)14/h3-5,12H,2,6-8H2,1H3,(H,16,17). The lowest BCUT2D eigenvalue weighted by Crippen LogP contribution is -2.32. The van der Waals surface area contributed by atoms with Crippen LogP contribution in [0.3, 0.4) is 0 Å². The van der Waals surface area contributed by atoms with E-state index in [1.54, 1.807) is 6.07 Å². The lowest BCUT2D eigenvalue weighted by Gasteiger charge is -2.26. The Balaban J connectivity index is 2.26. The van der Waals surface area contributed by atoms with E-state index in [4.69, 9.17) is 5.11 Å². The van der Waals surface area contributed by atoms with Crippen LogP contribution in [0.25, 0.3) is 0 Å². The molecule has 0 aliphatic heterocycles. The summed E-state index contributed by atoms with van der Waals surface area (Å²) in [6.07, 6.45) is 1.50. The summed E-state index contributed by atoms with van der Waals surface area (Å²) in [6.45, 7) is 2.60. The average Bonchev–Trinajstić information content (AvgIpc) is 2.71. The molecule has 3 nitrogen and oxygen atoms in total. The van der Waals surface area contributed by atoms with Crippen molar-refractivity contribution in [2.24, 2.45) is 0 Å². The largest absolute Gasteiger partial charge is 0.480 e. The van der Waals surface area contributed by atoms with Crippen LogP contribution < -0.4 is 0 Å². The summed E-state index contributed by atoms with van der Waals surface area (Å²) in [4.78, 5) is 12.7. The molecule has 17 heavy (non-hydrogen) atoms. The van der Waals surface area contributed by atoms with Gasteiger partial charge in [-0.3, -0.25) is 9.69 Å². The van der Waals surface area contributed by atoms with Crippen LogP contribution in [0.1, 0.15) is 30.5 Å². The molecule has 1 unspecified atom stereocenters. The number of halogens is 1. The third-order valence-electron chi connectivity index (χ3n) is 3.37. The van der Waals surface area contributed by atoms with Crippen LogP contribution in [0.4, 0.5) is 4.39 Å². The molecule has 4 heteroatoms. The third kappa shape index (κ3) is 2.31. The van der Waals surface area contributed by atoms with Gasteiger partial charge in [-0.05, 0) is 36.6 Å². The van der Waals surface area contributed by atoms with Gasteiger partial charge in [-0.1, -0.05) is 19.1 Å². The highest BCUT2D eigenvalue weighted by Gasteiger charge is 2.29. The number of benzene rings is 1. The van der Waals surface area contributed by atoms with E-state index < -0.39 is 5.97 Å². The van der Waals surface area contributed by atoms with E-state index >= 15 is 0 Å². The Bertz CT molecular complexity index is 433. The van der Waals surface area contributed by atoms with E-state index in [2.05, 4.69) is 0 Å². The number of carbonyl (C=O) groups is 1. The van der Waals surface area contributed by atoms with Gasteiger partial charge in [0.2, 0.25) is 0 Å². The number of rotatable bonds is 4. The van der Waals surface area contributed by atoms with Crippen LogP contribution >= 0.6 is 0 Å². The summed E-state index contributed by atoms with van der Waals surface area (Å²) in [5.41, 5.74) is 1.70. The molecule has 1 N–H and O–H groups in total. The number of carboxylic acid groups (broad SMARTS) is 1. The van der Waals surface area contributed by atoms with Crippen molar-refractivity contribution in [2.45, 2.75) is 25.8 Å². The zero-order valence-electron chi connectivity index (χ0n) is 9.82. The molecular formula is C13H16FNO2. The molecule has 0 amide bonds. The molecule has 0 heterocycles. The molecule has 0 fully saturated rings. The number of aliphatic carboxylic acids is 1. The maximum Gasteiger partial charge on any atom is 0.317 e. The second-order valence-corrected chi connectivity index (χ2v) is 4.32. The first-order valence-electron chi connectivity index (χ1n) is 5.86. The molecule has 1 aromatic rings. The van der Waals surface area contributed by atoms with Gasteiger partial charge >= 0.3 is 5.97 Å². The maximum absolute atomic E-state index is 13.6. The van der Waals surface area contributed by atoms with Crippen LogP contribution in [-0.4, -0.2) is 29.1 Å². The monoisotopic (exact) mass is 237 g/mol. The lowest BCUT2D eigenvalue weighted by atomic mass is 10.1. The van der Waals surface area contributed by atoms with Crippen molar-refractivity contribution in [3.63, 3.8) is 0 Å². The first kappa shape index (κ1) is 12.0. The lowest BCUT2D eigenvalue weighted by molar-refractivity contribution is -0.138. The van der Waals surface area contributed by atoms with Gasteiger partial charge in [-0.25, -0.2) is 4.39 Å². The fourth-order valence-electron chi connectivity index (χ4n) is 2.58. The van der Waals surface area contributed by atoms with Crippen LogP contribution in [0.15, 0.2) is 18.2 Å². The molecule has 0 aromatic heterocycles. The highest BCUT2D eigenvalue weighted by atomic mass is 19.1. The van der Waals surface area contributed by atoms with Crippen LogP contribution in [-0.2, 0) is 11.2 Å². The predicted molar refractivity (Wildman–Crippen MR) is 62.3 cm³/mol. The Morgan fingerprint density at radius 1 is 1.59 bits per heavy atom. The molecule has 0 saturated carbocycles. The number of fused-ring (bicyclic) bond motifs is 1. The minimum absolute atomic E-state index is 0.0110. The molecule has 0 saturated heterocycles. The van der Waals surface area contributed by atoms with Crippen LogP contribution in [0, 0.1) is 5.82 Å². The maximum atomic E-state index is 13.6. The van der Waals surface area contributed by atoms with Gasteiger partial charge in [0, 0.05) is 6.04 Å². The number of nitrogens with zero attached hydrogens (tertiary/aromatic N) is 1. The van der Waals surface area contributed by atoms with Gasteiger partial charge in [0.1, 0.15) is 5.82 Å². The number of carboxylic acids is 1. The summed E-state index contributed by atoms with van der Waals surface area (Å²) >= 11 is 0. The van der Waals surface area contributed by atoms with E-state index in [0.717, 1.165) is 17.5 Å². The molecule has 2 rings (SSSR count). The van der Waals surface area contributed by atoms with Gasteiger partial charge in [-0.15, -0.1) is 0 Å². The van der Waals surface area contributed by atoms with Crippen molar-refractivity contribution >= 4 is 5.97 Å². The van der Waals surface area contributed by atoms with Crippen LogP contribution in [0.5, 0.6) is 0 Å². The Labute approximate surface area is 99.9 Å². The van der Waals surface area contributed by atoms with Crippen molar-refractivity contribution in [3.8, 4) is 0 Å². The fourth-order valence-corrected chi connectivity index (χ4v) is 2.58. The van der Waals surface area contributed by atoms with Crippen molar-refractivity contribution in [1.82, 2.24) is 4.90 Å². The number of hydrogen-bond donors (Lipinski definition) is 1. The quantitative estimate of drug-likeness (QED) is 0.873. The summed E-state index contributed by atoms with van der Waals surface area (Å²) in [5.74, 6) is -1.01. The molecule has 1 aliphatic carbocycles. The Morgan fingerprint density at radius 2 is 2.35 bits per heavy atom. The number of hydrogen-bond acceptors (Lipinski definition) is 2. The van der Waals surface area contributed by atoms with Crippen molar-refractivity contribution in [3.05, 3.63) is 35.1 Å². The highest BCUT2D eigenvalue weighted by Crippen LogP contribution is 2.36. The zero-order chi connectivity index (χ0) is 12.4. The van der Waals surface area contributed by atoms with Crippen molar-refractivity contribution in [2.75, 3.05) is 13.1 Å². The van der Waals surface area contributed by atoms with E-state index in [-0.39, 0.29) is 18.4 Å². The van der Waals surface area contributed by atoms with Gasteiger partial charge in [0.15, 0.2) is 0 Å². The topological polar surface area (TPSA) is 40.5 Å². The minimum atomic E-state index is -0.836. The second kappa shape index (κ2) is 4.84. The summed E-state index contributed by atoms with van der Waals surface area (Å²) in [6, 6.07) is 5.11. The molecule has 1 atom stereocenters. The molecule has 0 radical (unpaired) electrons. The van der Waals surface area contributed by atoms with E-state index in [0.29, 0.717) is 13.0 Å². The van der Waals surface area contributed by atoms with Gasteiger partial charge in [0.05, 0.1) is 6.54 Å². The third-order valence-corrected chi connectivity index (χ3v) is 3.37. The fraction of sp³-hybridized carbons (Fsp3) is 0.462. The van der Waals surface area contributed by atoms with Crippen molar-refractivity contribution < 1.29 is 14.3 Å². The summed E-state index contributed by atoms with van der Waals surface area (Å²) < 4.78 is 13.6. The highest BCUT2D eigenvalue weighted by molar-refractivity contribution is 5.69. The minimum Gasteiger partial charge on any atom is -0.480 e. The first-order valence-corrected chi connectivity index (χ1v) is 5.86. The van der Waals surface area contributed by atoms with Crippen LogP contribution in [0.2, 0.25) is 0 Å². The molecule has 0 spiro atoms. The SMILES string of the molecule is CCN(CC(=O)O)C1CCc2c(F)cccc21. The first-order chi connectivity index (χ1) is 8.13. The number of likely N-dealkylation sites (N-methyl/N-ethyl adjacent to an activating group) is 1. The van der Waals surface area contributed by atoms with Crippen molar-refractivity contribution in [1.29, 1.82) is 0 Å². The Morgan fingerprint density at radius 3 is 3.00 bits per heavy atom. The average molecular weight is 237 g/mol. The summed E-state index contributed by atoms with van der Waals surface area (Å²) in [5, 5.41) is 8.86. The second-order valence-electron chi connectivity index (χ2n) is 4.32. The van der Waals surface area contributed by atoms with Gasteiger partial charge in [0.25, 0.3) is 0 Å². The molecular weight excluding hydrogens is 221 g/mol. The molecule has 1 aromatic carbocycles.